The Morgan fingerprint density at radius 1 is 1.42 bits per heavy atom. The molecule has 68 valence electrons. The van der Waals surface area contributed by atoms with Gasteiger partial charge in [-0.1, -0.05) is 20.8 Å². The SMILES string of the molecule is COc1nc(C(C)(C)C)oc1I. The molecule has 0 radical (unpaired) electrons. The maximum atomic E-state index is 5.42. The van der Waals surface area contributed by atoms with Gasteiger partial charge >= 0.3 is 0 Å². The van der Waals surface area contributed by atoms with Crippen molar-refractivity contribution in [3.63, 3.8) is 0 Å². The van der Waals surface area contributed by atoms with Crippen LogP contribution in [0.25, 0.3) is 0 Å². The molecule has 0 spiro atoms. The third-order valence-electron chi connectivity index (χ3n) is 1.39. The molecule has 1 heterocycles. The molecule has 0 atom stereocenters. The molecular weight excluding hydrogens is 269 g/mol. The normalized spacial score (nSPS) is 11.8. The molecule has 0 bridgehead atoms. The Morgan fingerprint density at radius 3 is 2.25 bits per heavy atom. The number of oxazole rings is 1. The minimum atomic E-state index is -0.0588. The summed E-state index contributed by atoms with van der Waals surface area (Å²) >= 11 is 2.07. The summed E-state index contributed by atoms with van der Waals surface area (Å²) in [6.07, 6.45) is 0. The number of hydrogen-bond donors (Lipinski definition) is 0. The van der Waals surface area contributed by atoms with Crippen molar-refractivity contribution < 1.29 is 9.15 Å². The highest BCUT2D eigenvalue weighted by molar-refractivity contribution is 14.1. The van der Waals surface area contributed by atoms with Gasteiger partial charge in [-0.3, -0.25) is 0 Å². The van der Waals surface area contributed by atoms with E-state index in [0.29, 0.717) is 15.5 Å². The summed E-state index contributed by atoms with van der Waals surface area (Å²) in [4.78, 5) is 4.20. The molecular formula is C8H12INO2. The van der Waals surface area contributed by atoms with Crippen LogP contribution in [0.15, 0.2) is 4.42 Å². The predicted octanol–water partition coefficient (Wildman–Crippen LogP) is 2.59. The van der Waals surface area contributed by atoms with E-state index in [2.05, 4.69) is 27.6 Å². The zero-order valence-corrected chi connectivity index (χ0v) is 9.80. The molecule has 0 aliphatic carbocycles. The minimum Gasteiger partial charge on any atom is -0.478 e. The fourth-order valence-electron chi connectivity index (χ4n) is 0.734. The first-order chi connectivity index (χ1) is 5.45. The average molecular weight is 281 g/mol. The summed E-state index contributed by atoms with van der Waals surface area (Å²) in [7, 11) is 1.59. The van der Waals surface area contributed by atoms with Gasteiger partial charge in [-0.2, -0.15) is 4.98 Å². The summed E-state index contributed by atoms with van der Waals surface area (Å²) in [6, 6.07) is 0. The lowest BCUT2D eigenvalue weighted by Crippen LogP contribution is -2.11. The van der Waals surface area contributed by atoms with E-state index in [0.717, 1.165) is 0 Å². The Labute approximate surface area is 85.6 Å². The van der Waals surface area contributed by atoms with Gasteiger partial charge in [-0.15, -0.1) is 0 Å². The van der Waals surface area contributed by atoms with Crippen molar-refractivity contribution in [2.24, 2.45) is 0 Å². The third-order valence-corrected chi connectivity index (χ3v) is 2.07. The second-order valence-electron chi connectivity index (χ2n) is 3.55. The van der Waals surface area contributed by atoms with Crippen molar-refractivity contribution in [2.75, 3.05) is 7.11 Å². The molecule has 3 nitrogen and oxygen atoms in total. The van der Waals surface area contributed by atoms with Crippen LogP contribution in [0.5, 0.6) is 5.88 Å². The van der Waals surface area contributed by atoms with Crippen LogP contribution >= 0.6 is 22.6 Å². The van der Waals surface area contributed by atoms with Gasteiger partial charge in [0.15, 0.2) is 0 Å². The van der Waals surface area contributed by atoms with Crippen molar-refractivity contribution in [1.29, 1.82) is 0 Å². The molecule has 0 N–H and O–H groups in total. The van der Waals surface area contributed by atoms with Gasteiger partial charge in [0.25, 0.3) is 5.88 Å². The van der Waals surface area contributed by atoms with Crippen molar-refractivity contribution >= 4 is 22.6 Å². The van der Waals surface area contributed by atoms with E-state index < -0.39 is 0 Å². The Hall–Kier alpha value is -0.260. The maximum Gasteiger partial charge on any atom is 0.267 e. The maximum absolute atomic E-state index is 5.42. The smallest absolute Gasteiger partial charge is 0.267 e. The highest BCUT2D eigenvalue weighted by Crippen LogP contribution is 2.28. The van der Waals surface area contributed by atoms with Crippen molar-refractivity contribution in [3.8, 4) is 5.88 Å². The van der Waals surface area contributed by atoms with E-state index in [1.807, 2.05) is 20.8 Å². The fourth-order valence-corrected chi connectivity index (χ4v) is 1.28. The quantitative estimate of drug-likeness (QED) is 0.742. The molecule has 0 amide bonds. The predicted molar refractivity (Wildman–Crippen MR) is 54.5 cm³/mol. The first kappa shape index (κ1) is 9.83. The zero-order valence-electron chi connectivity index (χ0n) is 7.64. The average Bonchev–Trinajstić information content (AvgIpc) is 2.29. The third kappa shape index (κ3) is 1.91. The van der Waals surface area contributed by atoms with Crippen LogP contribution in [0.1, 0.15) is 26.7 Å². The first-order valence-electron chi connectivity index (χ1n) is 3.66. The van der Waals surface area contributed by atoms with Crippen LogP contribution in [-0.2, 0) is 5.41 Å². The molecule has 0 unspecified atom stereocenters. The summed E-state index contributed by atoms with van der Waals surface area (Å²) in [6.45, 7) is 6.15. The second-order valence-corrected chi connectivity index (χ2v) is 4.53. The number of hydrogen-bond acceptors (Lipinski definition) is 3. The summed E-state index contributed by atoms with van der Waals surface area (Å²) < 4.78 is 11.1. The van der Waals surface area contributed by atoms with Crippen molar-refractivity contribution in [2.45, 2.75) is 26.2 Å². The van der Waals surface area contributed by atoms with Crippen LogP contribution in [-0.4, -0.2) is 12.1 Å². The molecule has 1 aromatic heterocycles. The van der Waals surface area contributed by atoms with Gasteiger partial charge in [0, 0.05) is 28.0 Å². The van der Waals surface area contributed by atoms with Crippen LogP contribution in [0.4, 0.5) is 0 Å². The Kier molecular flexibility index (Phi) is 2.65. The van der Waals surface area contributed by atoms with E-state index in [4.69, 9.17) is 9.15 Å². The van der Waals surface area contributed by atoms with E-state index in [-0.39, 0.29) is 5.41 Å². The van der Waals surface area contributed by atoms with Gasteiger partial charge in [0.2, 0.25) is 9.66 Å². The Bertz CT molecular complexity index is 275. The summed E-state index contributed by atoms with van der Waals surface area (Å²) in [5, 5.41) is 0. The van der Waals surface area contributed by atoms with E-state index in [1.54, 1.807) is 7.11 Å². The number of rotatable bonds is 1. The number of aromatic nitrogens is 1. The molecule has 1 aromatic rings. The first-order valence-corrected chi connectivity index (χ1v) is 4.74. The summed E-state index contributed by atoms with van der Waals surface area (Å²) in [5.41, 5.74) is -0.0588. The standard InChI is InChI=1S/C8H12INO2/c1-8(2,3)7-10-6(11-4)5(9)12-7/h1-4H3. The largest absolute Gasteiger partial charge is 0.478 e. The lowest BCUT2D eigenvalue weighted by molar-refractivity contribution is 0.374. The van der Waals surface area contributed by atoms with Gasteiger partial charge in [0.05, 0.1) is 7.11 Å². The molecule has 0 saturated heterocycles. The monoisotopic (exact) mass is 281 g/mol. The molecule has 0 aromatic carbocycles. The van der Waals surface area contributed by atoms with E-state index >= 15 is 0 Å². The number of nitrogens with zero attached hydrogens (tertiary/aromatic N) is 1. The van der Waals surface area contributed by atoms with Crippen molar-refractivity contribution in [3.05, 3.63) is 9.66 Å². The van der Waals surface area contributed by atoms with Crippen LogP contribution in [0.2, 0.25) is 0 Å². The lowest BCUT2D eigenvalue weighted by Gasteiger charge is -2.11. The molecule has 0 aliphatic rings. The van der Waals surface area contributed by atoms with E-state index in [1.165, 1.54) is 0 Å². The number of ether oxygens (including phenoxy) is 1. The molecule has 1 rings (SSSR count). The van der Waals surface area contributed by atoms with Gasteiger partial charge in [-0.25, -0.2) is 0 Å². The lowest BCUT2D eigenvalue weighted by atomic mass is 9.97. The molecule has 0 aliphatic heterocycles. The van der Waals surface area contributed by atoms with Gasteiger partial charge in [-0.05, 0) is 0 Å². The molecule has 12 heavy (non-hydrogen) atoms. The Morgan fingerprint density at radius 2 is 2.00 bits per heavy atom. The molecule has 0 saturated carbocycles. The highest BCUT2D eigenvalue weighted by atomic mass is 127. The zero-order chi connectivity index (χ0) is 9.35. The van der Waals surface area contributed by atoms with Crippen LogP contribution in [0.3, 0.4) is 0 Å². The topological polar surface area (TPSA) is 35.3 Å². The van der Waals surface area contributed by atoms with Gasteiger partial charge in [0.1, 0.15) is 0 Å². The molecule has 4 heteroatoms. The van der Waals surface area contributed by atoms with Crippen molar-refractivity contribution in [1.82, 2.24) is 4.98 Å². The van der Waals surface area contributed by atoms with Crippen LogP contribution < -0.4 is 4.74 Å². The molecule has 0 fully saturated rings. The highest BCUT2D eigenvalue weighted by Gasteiger charge is 2.22. The number of methoxy groups -OCH3 is 1. The van der Waals surface area contributed by atoms with Crippen LogP contribution in [0, 0.1) is 3.77 Å². The minimum absolute atomic E-state index is 0.0588. The van der Waals surface area contributed by atoms with E-state index in [9.17, 15) is 0 Å². The number of halogens is 1. The summed E-state index contributed by atoms with van der Waals surface area (Å²) in [5.74, 6) is 1.28. The Balaban J connectivity index is 3.05. The van der Waals surface area contributed by atoms with Gasteiger partial charge < -0.3 is 9.15 Å². The second kappa shape index (κ2) is 3.24. The fraction of sp³-hybridized carbons (Fsp3) is 0.625.